The fourth-order valence-electron chi connectivity index (χ4n) is 3.38. The summed E-state index contributed by atoms with van der Waals surface area (Å²) in [7, 11) is 0. The molecule has 1 amide bonds. The van der Waals surface area contributed by atoms with Crippen LogP contribution in [-0.2, 0) is 0 Å². The van der Waals surface area contributed by atoms with E-state index in [-0.39, 0.29) is 5.91 Å². The molecule has 4 rings (SSSR count). The van der Waals surface area contributed by atoms with Crippen molar-refractivity contribution in [2.75, 3.05) is 6.61 Å². The zero-order chi connectivity index (χ0) is 24.6. The Hall–Kier alpha value is -4.16. The Morgan fingerprint density at radius 1 is 0.914 bits per heavy atom. The number of amides is 1. The van der Waals surface area contributed by atoms with E-state index in [9.17, 15) is 9.59 Å². The van der Waals surface area contributed by atoms with Gasteiger partial charge in [-0.15, -0.1) is 0 Å². The van der Waals surface area contributed by atoms with Crippen LogP contribution in [-0.4, -0.2) is 24.7 Å². The Bertz CT molecular complexity index is 1370. The number of esters is 1. The molecule has 0 unspecified atom stereocenters. The Morgan fingerprint density at radius 3 is 2.37 bits per heavy atom. The van der Waals surface area contributed by atoms with Crippen molar-refractivity contribution >= 4 is 40.5 Å². The van der Waals surface area contributed by atoms with Crippen molar-refractivity contribution < 1.29 is 19.1 Å². The number of ether oxygens (including phenoxy) is 2. The van der Waals surface area contributed by atoms with Crippen molar-refractivity contribution in [2.45, 2.75) is 13.3 Å². The topological polar surface area (TPSA) is 77.0 Å². The predicted octanol–water partition coefficient (Wildman–Crippen LogP) is 6.27. The molecule has 0 aliphatic carbocycles. The first kappa shape index (κ1) is 24.0. The molecule has 0 saturated carbocycles. The minimum Gasteiger partial charge on any atom is -0.494 e. The summed E-state index contributed by atoms with van der Waals surface area (Å²) in [6, 6.07) is 24.5. The largest absolute Gasteiger partial charge is 0.494 e. The van der Waals surface area contributed by atoms with Crippen LogP contribution in [0.15, 0.2) is 90.0 Å². The van der Waals surface area contributed by atoms with Gasteiger partial charge in [-0.1, -0.05) is 48.9 Å². The third-order valence-corrected chi connectivity index (χ3v) is 5.41. The van der Waals surface area contributed by atoms with Crippen LogP contribution in [0.1, 0.15) is 39.6 Å². The van der Waals surface area contributed by atoms with E-state index >= 15 is 0 Å². The highest BCUT2D eigenvalue weighted by molar-refractivity contribution is 6.30. The average Bonchev–Trinajstić information content (AvgIpc) is 2.89. The summed E-state index contributed by atoms with van der Waals surface area (Å²) in [6.07, 6.45) is 2.38. The van der Waals surface area contributed by atoms with E-state index in [2.05, 4.69) is 10.5 Å². The SMILES string of the molecule is CCCOc1ccc(C(=O)N/N=C\c2c(OC(=O)c3ccc(Cl)cc3)ccc3ccccc23)cc1. The lowest BCUT2D eigenvalue weighted by molar-refractivity contribution is 0.0734. The minimum atomic E-state index is -0.527. The first-order valence-electron chi connectivity index (χ1n) is 11.1. The molecule has 0 atom stereocenters. The summed E-state index contributed by atoms with van der Waals surface area (Å²) < 4.78 is 11.2. The van der Waals surface area contributed by atoms with Crippen molar-refractivity contribution in [3.63, 3.8) is 0 Å². The molecule has 0 fully saturated rings. The summed E-state index contributed by atoms with van der Waals surface area (Å²) in [5.41, 5.74) is 3.90. The third kappa shape index (κ3) is 6.05. The van der Waals surface area contributed by atoms with Crippen molar-refractivity contribution in [3.8, 4) is 11.5 Å². The maximum atomic E-state index is 12.7. The standard InChI is InChI=1S/C28H23ClN2O4/c1-2-17-34-23-14-9-20(10-15-23)27(32)31-30-18-25-24-6-4-3-5-19(24)11-16-26(25)35-28(33)21-7-12-22(29)13-8-21/h3-16,18H,2,17H2,1H3,(H,31,32)/b30-18-. The van der Waals surface area contributed by atoms with Crippen molar-refractivity contribution in [3.05, 3.63) is 107 Å². The van der Waals surface area contributed by atoms with E-state index in [1.165, 1.54) is 6.21 Å². The molecule has 7 heteroatoms. The van der Waals surface area contributed by atoms with Crippen LogP contribution < -0.4 is 14.9 Å². The normalized spacial score (nSPS) is 10.9. The van der Waals surface area contributed by atoms with Crippen molar-refractivity contribution in [1.29, 1.82) is 0 Å². The molecular formula is C28H23ClN2O4. The molecule has 1 N–H and O–H groups in total. The van der Waals surface area contributed by atoms with Crippen LogP contribution in [0.4, 0.5) is 0 Å². The Kier molecular flexibility index (Phi) is 7.75. The number of halogens is 1. The van der Waals surface area contributed by atoms with E-state index in [0.717, 1.165) is 17.2 Å². The molecule has 4 aromatic carbocycles. The number of hydrogen-bond donors (Lipinski definition) is 1. The van der Waals surface area contributed by atoms with Gasteiger partial charge < -0.3 is 9.47 Å². The van der Waals surface area contributed by atoms with Crippen molar-refractivity contribution in [1.82, 2.24) is 5.43 Å². The highest BCUT2D eigenvalue weighted by Gasteiger charge is 2.14. The number of benzene rings is 4. The van der Waals surface area contributed by atoms with Gasteiger partial charge in [-0.05, 0) is 71.8 Å². The zero-order valence-corrected chi connectivity index (χ0v) is 19.8. The molecule has 0 aliphatic heterocycles. The summed E-state index contributed by atoms with van der Waals surface area (Å²) >= 11 is 5.91. The van der Waals surface area contributed by atoms with Gasteiger partial charge in [0.2, 0.25) is 0 Å². The lowest BCUT2D eigenvalue weighted by Gasteiger charge is -2.11. The van der Waals surface area contributed by atoms with E-state index in [4.69, 9.17) is 21.1 Å². The highest BCUT2D eigenvalue weighted by Crippen LogP contribution is 2.27. The number of hydrogen-bond acceptors (Lipinski definition) is 5. The van der Waals surface area contributed by atoms with E-state index in [1.807, 2.05) is 37.3 Å². The molecule has 6 nitrogen and oxygen atoms in total. The van der Waals surface area contributed by atoms with Gasteiger partial charge in [0.25, 0.3) is 5.91 Å². The maximum absolute atomic E-state index is 12.7. The number of nitrogens with one attached hydrogen (secondary N) is 1. The predicted molar refractivity (Wildman–Crippen MR) is 138 cm³/mol. The van der Waals surface area contributed by atoms with Crippen LogP contribution in [0, 0.1) is 0 Å². The van der Waals surface area contributed by atoms with Crippen LogP contribution in [0.2, 0.25) is 5.02 Å². The molecule has 0 aromatic heterocycles. The van der Waals surface area contributed by atoms with Crippen molar-refractivity contribution in [2.24, 2.45) is 5.10 Å². The van der Waals surface area contributed by atoms with Gasteiger partial charge in [-0.25, -0.2) is 10.2 Å². The molecule has 0 heterocycles. The van der Waals surface area contributed by atoms with E-state index < -0.39 is 5.97 Å². The first-order valence-corrected chi connectivity index (χ1v) is 11.5. The van der Waals surface area contributed by atoms with Crippen LogP contribution in [0.5, 0.6) is 11.5 Å². The number of hydrazone groups is 1. The number of rotatable bonds is 8. The molecule has 0 aliphatic rings. The Morgan fingerprint density at radius 2 is 1.63 bits per heavy atom. The van der Waals surface area contributed by atoms with Gasteiger partial charge in [-0.3, -0.25) is 4.79 Å². The van der Waals surface area contributed by atoms with Gasteiger partial charge in [0, 0.05) is 16.1 Å². The lowest BCUT2D eigenvalue weighted by Crippen LogP contribution is -2.17. The Balaban J connectivity index is 1.54. The average molecular weight is 487 g/mol. The molecule has 0 spiro atoms. The quantitative estimate of drug-likeness (QED) is 0.138. The van der Waals surface area contributed by atoms with Gasteiger partial charge >= 0.3 is 5.97 Å². The fraction of sp³-hybridized carbons (Fsp3) is 0.107. The molecule has 0 saturated heterocycles. The lowest BCUT2D eigenvalue weighted by atomic mass is 10.0. The molecule has 176 valence electrons. The molecule has 35 heavy (non-hydrogen) atoms. The summed E-state index contributed by atoms with van der Waals surface area (Å²) in [5.74, 6) is 0.123. The number of fused-ring (bicyclic) bond motifs is 1. The number of nitrogens with zero attached hydrogens (tertiary/aromatic N) is 1. The highest BCUT2D eigenvalue weighted by atomic mass is 35.5. The minimum absolute atomic E-state index is 0.319. The monoisotopic (exact) mass is 486 g/mol. The fourth-order valence-corrected chi connectivity index (χ4v) is 3.51. The second-order valence-corrected chi connectivity index (χ2v) is 8.10. The second-order valence-electron chi connectivity index (χ2n) is 7.67. The van der Waals surface area contributed by atoms with E-state index in [1.54, 1.807) is 54.6 Å². The molecular weight excluding hydrogens is 464 g/mol. The number of carbonyl (C=O) groups excluding carboxylic acids is 2. The molecule has 0 bridgehead atoms. The second kappa shape index (κ2) is 11.3. The maximum Gasteiger partial charge on any atom is 0.343 e. The third-order valence-electron chi connectivity index (χ3n) is 5.16. The smallest absolute Gasteiger partial charge is 0.343 e. The zero-order valence-electron chi connectivity index (χ0n) is 19.0. The van der Waals surface area contributed by atoms with Crippen LogP contribution in [0.25, 0.3) is 10.8 Å². The number of carbonyl (C=O) groups is 2. The summed E-state index contributed by atoms with van der Waals surface area (Å²) in [4.78, 5) is 25.2. The van der Waals surface area contributed by atoms with Crippen LogP contribution >= 0.6 is 11.6 Å². The van der Waals surface area contributed by atoms with Crippen LogP contribution in [0.3, 0.4) is 0 Å². The van der Waals surface area contributed by atoms with E-state index in [0.29, 0.717) is 39.8 Å². The van der Waals surface area contributed by atoms with Gasteiger partial charge in [0.05, 0.1) is 18.4 Å². The summed E-state index contributed by atoms with van der Waals surface area (Å²) in [6.45, 7) is 2.64. The van der Waals surface area contributed by atoms with Gasteiger partial charge in [0.15, 0.2) is 0 Å². The first-order chi connectivity index (χ1) is 17.0. The Labute approximate surface area is 208 Å². The van der Waals surface area contributed by atoms with Gasteiger partial charge in [0.1, 0.15) is 11.5 Å². The molecule has 0 radical (unpaired) electrons. The molecule has 4 aromatic rings. The van der Waals surface area contributed by atoms with Gasteiger partial charge in [-0.2, -0.15) is 5.10 Å². The summed E-state index contributed by atoms with van der Waals surface area (Å²) in [5, 5.41) is 6.42.